The van der Waals surface area contributed by atoms with Gasteiger partial charge in [-0.15, -0.1) is 0 Å². The zero-order chi connectivity index (χ0) is 11.3. The number of non-ortho nitro benzene ring substituents is 1. The van der Waals surface area contributed by atoms with Crippen molar-refractivity contribution in [3.63, 3.8) is 0 Å². The summed E-state index contributed by atoms with van der Waals surface area (Å²) in [4.78, 5) is 21.0. The molecule has 1 aromatic rings. The molecule has 1 aromatic carbocycles. The van der Waals surface area contributed by atoms with E-state index in [0.717, 1.165) is 0 Å². The molecule has 0 fully saturated rings. The second-order valence-electron chi connectivity index (χ2n) is 2.75. The van der Waals surface area contributed by atoms with Gasteiger partial charge in [-0.05, 0) is 12.1 Å². The first-order valence-electron chi connectivity index (χ1n) is 4.24. The van der Waals surface area contributed by atoms with E-state index in [1.54, 1.807) is 0 Å². The summed E-state index contributed by atoms with van der Waals surface area (Å²) in [6.45, 7) is -0.700. The Morgan fingerprint density at radius 2 is 2.00 bits per heavy atom. The SMILES string of the molecule is O=C(NCCF)c1ccc([N+](=O)[O-])cc1. The van der Waals surface area contributed by atoms with Crippen LogP contribution in [0.2, 0.25) is 0 Å². The summed E-state index contributed by atoms with van der Waals surface area (Å²) in [5, 5.41) is 12.6. The predicted octanol–water partition coefficient (Wildman–Crippen LogP) is 1.29. The van der Waals surface area contributed by atoms with E-state index in [0.29, 0.717) is 0 Å². The molecule has 0 radical (unpaired) electrons. The third kappa shape index (κ3) is 3.01. The average molecular weight is 212 g/mol. The molecule has 0 aliphatic heterocycles. The van der Waals surface area contributed by atoms with E-state index in [4.69, 9.17) is 0 Å². The van der Waals surface area contributed by atoms with Crippen molar-refractivity contribution in [3.8, 4) is 0 Å². The summed E-state index contributed by atoms with van der Waals surface area (Å²) in [5.41, 5.74) is 0.186. The maximum absolute atomic E-state index is 11.7. The number of benzene rings is 1. The van der Waals surface area contributed by atoms with Crippen LogP contribution in [0.5, 0.6) is 0 Å². The maximum atomic E-state index is 11.7. The van der Waals surface area contributed by atoms with E-state index >= 15 is 0 Å². The van der Waals surface area contributed by atoms with E-state index in [-0.39, 0.29) is 17.8 Å². The van der Waals surface area contributed by atoms with E-state index in [2.05, 4.69) is 5.32 Å². The third-order valence-electron chi connectivity index (χ3n) is 1.72. The summed E-state index contributed by atoms with van der Waals surface area (Å²) in [6.07, 6.45) is 0. The molecule has 0 unspecified atom stereocenters. The fourth-order valence-corrected chi connectivity index (χ4v) is 0.997. The quantitative estimate of drug-likeness (QED) is 0.603. The molecule has 6 heteroatoms. The molecular weight excluding hydrogens is 203 g/mol. The first-order chi connectivity index (χ1) is 7.15. The van der Waals surface area contributed by atoms with Gasteiger partial charge in [0.2, 0.25) is 0 Å². The molecule has 80 valence electrons. The molecule has 0 aliphatic carbocycles. The lowest BCUT2D eigenvalue weighted by Gasteiger charge is -2.01. The Morgan fingerprint density at radius 1 is 1.40 bits per heavy atom. The number of carbonyl (C=O) groups excluding carboxylic acids is 1. The largest absolute Gasteiger partial charge is 0.349 e. The van der Waals surface area contributed by atoms with Crippen molar-refractivity contribution in [2.75, 3.05) is 13.2 Å². The lowest BCUT2D eigenvalue weighted by molar-refractivity contribution is -0.384. The Hall–Kier alpha value is -1.98. The number of carbonyl (C=O) groups is 1. The zero-order valence-electron chi connectivity index (χ0n) is 7.77. The van der Waals surface area contributed by atoms with Crippen molar-refractivity contribution in [1.29, 1.82) is 0 Å². The second-order valence-corrected chi connectivity index (χ2v) is 2.75. The van der Waals surface area contributed by atoms with Crippen LogP contribution in [0.15, 0.2) is 24.3 Å². The smallest absolute Gasteiger partial charge is 0.269 e. The monoisotopic (exact) mass is 212 g/mol. The van der Waals surface area contributed by atoms with Gasteiger partial charge in [0, 0.05) is 24.2 Å². The summed E-state index contributed by atoms with van der Waals surface area (Å²) in [5.74, 6) is -0.442. The molecule has 1 rings (SSSR count). The topological polar surface area (TPSA) is 72.2 Å². The molecule has 5 nitrogen and oxygen atoms in total. The minimum absolute atomic E-state index is 0.0597. The standard InChI is InChI=1S/C9H9FN2O3/c10-5-6-11-9(13)7-1-3-8(4-2-7)12(14)15/h1-4H,5-6H2,(H,11,13). The van der Waals surface area contributed by atoms with Gasteiger partial charge in [-0.25, -0.2) is 4.39 Å². The molecule has 1 amide bonds. The van der Waals surface area contributed by atoms with Crippen molar-refractivity contribution in [3.05, 3.63) is 39.9 Å². The molecule has 0 saturated heterocycles. The molecule has 0 bridgehead atoms. The predicted molar refractivity (Wildman–Crippen MR) is 51.4 cm³/mol. The highest BCUT2D eigenvalue weighted by Crippen LogP contribution is 2.11. The number of nitro benzene ring substituents is 1. The average Bonchev–Trinajstić information content (AvgIpc) is 2.26. The molecule has 0 aromatic heterocycles. The number of nitrogens with one attached hydrogen (secondary N) is 1. The van der Waals surface area contributed by atoms with Gasteiger partial charge in [0.25, 0.3) is 11.6 Å². The number of amides is 1. The van der Waals surface area contributed by atoms with Gasteiger partial charge in [0.1, 0.15) is 6.67 Å². The van der Waals surface area contributed by atoms with Gasteiger partial charge in [0.15, 0.2) is 0 Å². The molecule has 0 saturated carbocycles. The van der Waals surface area contributed by atoms with Crippen LogP contribution < -0.4 is 5.32 Å². The number of nitrogens with zero attached hydrogens (tertiary/aromatic N) is 1. The van der Waals surface area contributed by atoms with Crippen molar-refractivity contribution in [1.82, 2.24) is 5.32 Å². The van der Waals surface area contributed by atoms with Crippen LogP contribution in [0.25, 0.3) is 0 Å². The van der Waals surface area contributed by atoms with Gasteiger partial charge >= 0.3 is 0 Å². The Kier molecular flexibility index (Phi) is 3.73. The Balaban J connectivity index is 2.71. The third-order valence-corrected chi connectivity index (χ3v) is 1.72. The minimum atomic E-state index is -0.640. The second kappa shape index (κ2) is 5.04. The van der Waals surface area contributed by atoms with E-state index < -0.39 is 17.5 Å². The first-order valence-corrected chi connectivity index (χ1v) is 4.24. The lowest BCUT2D eigenvalue weighted by Crippen LogP contribution is -2.25. The van der Waals surface area contributed by atoms with Crippen LogP contribution in [-0.2, 0) is 0 Å². The van der Waals surface area contributed by atoms with Gasteiger partial charge in [-0.3, -0.25) is 14.9 Å². The number of halogens is 1. The normalized spacial score (nSPS) is 9.67. The van der Waals surface area contributed by atoms with E-state index in [9.17, 15) is 19.3 Å². The highest BCUT2D eigenvalue weighted by molar-refractivity contribution is 5.94. The highest BCUT2D eigenvalue weighted by Gasteiger charge is 2.08. The van der Waals surface area contributed by atoms with Crippen LogP contribution in [0.3, 0.4) is 0 Å². The summed E-state index contributed by atoms with van der Waals surface area (Å²) in [6, 6.07) is 5.10. The van der Waals surface area contributed by atoms with Crippen LogP contribution in [0.1, 0.15) is 10.4 Å². The highest BCUT2D eigenvalue weighted by atomic mass is 19.1. The minimum Gasteiger partial charge on any atom is -0.349 e. The van der Waals surface area contributed by atoms with Crippen molar-refractivity contribution >= 4 is 11.6 Å². The summed E-state index contributed by atoms with van der Waals surface area (Å²) < 4.78 is 11.7. The van der Waals surface area contributed by atoms with Crippen molar-refractivity contribution in [2.24, 2.45) is 0 Å². The molecule has 1 N–H and O–H groups in total. The van der Waals surface area contributed by atoms with Crippen LogP contribution in [0, 0.1) is 10.1 Å². The fraction of sp³-hybridized carbons (Fsp3) is 0.222. The van der Waals surface area contributed by atoms with E-state index in [1.807, 2.05) is 0 Å². The number of hydrogen-bond donors (Lipinski definition) is 1. The van der Waals surface area contributed by atoms with E-state index in [1.165, 1.54) is 24.3 Å². The Morgan fingerprint density at radius 3 is 2.47 bits per heavy atom. The molecule has 0 spiro atoms. The van der Waals surface area contributed by atoms with Crippen molar-refractivity contribution in [2.45, 2.75) is 0 Å². The number of nitro groups is 1. The molecule has 0 aliphatic rings. The fourth-order valence-electron chi connectivity index (χ4n) is 0.997. The summed E-state index contributed by atoms with van der Waals surface area (Å²) in [7, 11) is 0. The van der Waals surface area contributed by atoms with Gasteiger partial charge in [-0.1, -0.05) is 0 Å². The molecule has 0 heterocycles. The van der Waals surface area contributed by atoms with Gasteiger partial charge in [0.05, 0.1) is 4.92 Å². The summed E-state index contributed by atoms with van der Waals surface area (Å²) >= 11 is 0. The number of alkyl halides is 1. The Labute approximate surface area is 85.1 Å². The van der Waals surface area contributed by atoms with Crippen molar-refractivity contribution < 1.29 is 14.1 Å². The number of rotatable bonds is 4. The molecule has 15 heavy (non-hydrogen) atoms. The maximum Gasteiger partial charge on any atom is 0.269 e. The Bertz CT molecular complexity index is 364. The lowest BCUT2D eigenvalue weighted by atomic mass is 10.2. The number of hydrogen-bond acceptors (Lipinski definition) is 3. The first kappa shape index (κ1) is 11.1. The van der Waals surface area contributed by atoms with Crippen LogP contribution >= 0.6 is 0 Å². The van der Waals surface area contributed by atoms with Gasteiger partial charge in [-0.2, -0.15) is 0 Å². The van der Waals surface area contributed by atoms with Gasteiger partial charge < -0.3 is 5.32 Å². The molecule has 0 atom stereocenters. The van der Waals surface area contributed by atoms with Crippen LogP contribution in [-0.4, -0.2) is 24.0 Å². The zero-order valence-corrected chi connectivity index (χ0v) is 7.77. The van der Waals surface area contributed by atoms with Crippen LogP contribution in [0.4, 0.5) is 10.1 Å². The molecular formula is C9H9FN2O3.